The fourth-order valence-corrected chi connectivity index (χ4v) is 2.86. The molecule has 3 rings (SSSR count). The fourth-order valence-electron chi connectivity index (χ4n) is 2.86. The molecule has 1 aromatic carbocycles. The summed E-state index contributed by atoms with van der Waals surface area (Å²) < 4.78 is 1.94. The number of nitrogens with zero attached hydrogens (tertiary/aromatic N) is 4. The van der Waals surface area contributed by atoms with Crippen LogP contribution in [0.1, 0.15) is 11.3 Å². The number of para-hydroxylation sites is 2. The summed E-state index contributed by atoms with van der Waals surface area (Å²) in [6.07, 6.45) is 1.98. The average Bonchev–Trinajstić information content (AvgIpc) is 2.81. The molecule has 0 radical (unpaired) electrons. The van der Waals surface area contributed by atoms with Crippen LogP contribution in [0.2, 0.25) is 0 Å². The highest BCUT2D eigenvalue weighted by atomic mass is 15.3. The van der Waals surface area contributed by atoms with Gasteiger partial charge < -0.3 is 10.6 Å². The van der Waals surface area contributed by atoms with Gasteiger partial charge in [-0.1, -0.05) is 12.1 Å². The molecule has 1 fully saturated rings. The number of hydrogen-bond acceptors (Lipinski definition) is 4. The third-order valence-corrected chi connectivity index (χ3v) is 4.38. The van der Waals surface area contributed by atoms with Crippen LogP contribution in [0.15, 0.2) is 30.5 Å². The molecule has 0 bridgehead atoms. The van der Waals surface area contributed by atoms with Gasteiger partial charge in [0, 0.05) is 51.0 Å². The summed E-state index contributed by atoms with van der Waals surface area (Å²) in [5.74, 6) is 0. The van der Waals surface area contributed by atoms with Crippen molar-refractivity contribution in [3.8, 4) is 0 Å². The Bertz CT molecular complexity index is 611. The van der Waals surface area contributed by atoms with Gasteiger partial charge >= 0.3 is 0 Å². The standard InChI is InChI=1S/C16H23N5/c1-13-14(11-18-19(13)2)12-20-7-9-21(10-8-20)16-6-4-3-5-15(16)17/h3-6,11H,7-10,12,17H2,1-2H3. The highest BCUT2D eigenvalue weighted by Crippen LogP contribution is 2.24. The Morgan fingerprint density at radius 1 is 1.14 bits per heavy atom. The highest BCUT2D eigenvalue weighted by Gasteiger charge is 2.19. The summed E-state index contributed by atoms with van der Waals surface area (Å²) in [4.78, 5) is 4.86. The molecule has 2 N–H and O–H groups in total. The van der Waals surface area contributed by atoms with Gasteiger partial charge in [-0.2, -0.15) is 5.10 Å². The number of aromatic nitrogens is 2. The number of aryl methyl sites for hydroxylation is 1. The van der Waals surface area contributed by atoms with Crippen LogP contribution in [0.5, 0.6) is 0 Å². The zero-order chi connectivity index (χ0) is 14.8. The molecule has 5 nitrogen and oxygen atoms in total. The van der Waals surface area contributed by atoms with Crippen LogP contribution in [0.4, 0.5) is 11.4 Å². The molecular weight excluding hydrogens is 262 g/mol. The van der Waals surface area contributed by atoms with Crippen LogP contribution in [-0.4, -0.2) is 40.9 Å². The number of hydrogen-bond donors (Lipinski definition) is 1. The van der Waals surface area contributed by atoms with Crippen molar-refractivity contribution in [3.63, 3.8) is 0 Å². The molecule has 0 atom stereocenters. The van der Waals surface area contributed by atoms with Crippen molar-refractivity contribution in [1.82, 2.24) is 14.7 Å². The molecule has 0 spiro atoms. The Balaban J connectivity index is 1.61. The van der Waals surface area contributed by atoms with Gasteiger partial charge in [-0.15, -0.1) is 0 Å². The lowest BCUT2D eigenvalue weighted by Crippen LogP contribution is -2.46. The van der Waals surface area contributed by atoms with E-state index in [1.165, 1.54) is 11.3 Å². The summed E-state index contributed by atoms with van der Waals surface area (Å²) >= 11 is 0. The van der Waals surface area contributed by atoms with Crippen molar-refractivity contribution in [2.45, 2.75) is 13.5 Å². The summed E-state index contributed by atoms with van der Waals surface area (Å²) in [5, 5.41) is 4.32. The van der Waals surface area contributed by atoms with Crippen LogP contribution in [0, 0.1) is 6.92 Å². The molecule has 2 heterocycles. The maximum Gasteiger partial charge on any atom is 0.0600 e. The molecule has 0 amide bonds. The van der Waals surface area contributed by atoms with Gasteiger partial charge in [0.15, 0.2) is 0 Å². The molecule has 2 aromatic rings. The third kappa shape index (κ3) is 2.88. The van der Waals surface area contributed by atoms with Crippen LogP contribution in [0.25, 0.3) is 0 Å². The van der Waals surface area contributed by atoms with E-state index in [9.17, 15) is 0 Å². The lowest BCUT2D eigenvalue weighted by molar-refractivity contribution is 0.249. The predicted octanol–water partition coefficient (Wildman–Crippen LogP) is 1.63. The van der Waals surface area contributed by atoms with Gasteiger partial charge in [-0.25, -0.2) is 0 Å². The summed E-state index contributed by atoms with van der Waals surface area (Å²) in [6, 6.07) is 8.12. The SMILES string of the molecule is Cc1c(CN2CCN(c3ccccc3N)CC2)cnn1C. The summed E-state index contributed by atoms with van der Waals surface area (Å²) in [6.45, 7) is 7.27. The zero-order valence-electron chi connectivity index (χ0n) is 12.8. The van der Waals surface area contributed by atoms with E-state index >= 15 is 0 Å². The molecule has 112 valence electrons. The predicted molar refractivity (Wildman–Crippen MR) is 86.3 cm³/mol. The Kier molecular flexibility index (Phi) is 3.84. The second kappa shape index (κ2) is 5.77. The Morgan fingerprint density at radius 2 is 1.86 bits per heavy atom. The van der Waals surface area contributed by atoms with Crippen LogP contribution in [0.3, 0.4) is 0 Å². The molecule has 0 aliphatic carbocycles. The van der Waals surface area contributed by atoms with Crippen molar-refractivity contribution >= 4 is 11.4 Å². The van der Waals surface area contributed by atoms with Crippen LogP contribution in [-0.2, 0) is 13.6 Å². The first kappa shape index (κ1) is 13.9. The second-order valence-corrected chi connectivity index (χ2v) is 5.70. The first-order chi connectivity index (χ1) is 10.1. The van der Waals surface area contributed by atoms with Gasteiger partial charge in [0.2, 0.25) is 0 Å². The third-order valence-electron chi connectivity index (χ3n) is 4.38. The molecular formula is C16H23N5. The van der Waals surface area contributed by atoms with E-state index in [4.69, 9.17) is 5.73 Å². The first-order valence-corrected chi connectivity index (χ1v) is 7.44. The van der Waals surface area contributed by atoms with E-state index in [0.717, 1.165) is 44.1 Å². The van der Waals surface area contributed by atoms with Gasteiger partial charge in [0.1, 0.15) is 0 Å². The zero-order valence-corrected chi connectivity index (χ0v) is 12.8. The Morgan fingerprint density at radius 3 is 2.48 bits per heavy atom. The van der Waals surface area contributed by atoms with Crippen molar-refractivity contribution < 1.29 is 0 Å². The average molecular weight is 285 g/mol. The Hall–Kier alpha value is -2.01. The number of rotatable bonds is 3. The van der Waals surface area contributed by atoms with Gasteiger partial charge in [-0.05, 0) is 19.1 Å². The minimum atomic E-state index is 0.869. The molecule has 1 aromatic heterocycles. The van der Waals surface area contributed by atoms with Gasteiger partial charge in [-0.3, -0.25) is 9.58 Å². The Labute approximate surface area is 126 Å². The van der Waals surface area contributed by atoms with Gasteiger partial charge in [0.25, 0.3) is 0 Å². The van der Waals surface area contributed by atoms with E-state index in [1.54, 1.807) is 0 Å². The lowest BCUT2D eigenvalue weighted by atomic mass is 10.2. The largest absolute Gasteiger partial charge is 0.397 e. The molecule has 1 aliphatic heterocycles. The summed E-state index contributed by atoms with van der Waals surface area (Å²) in [5.41, 5.74) is 10.7. The van der Waals surface area contributed by atoms with E-state index in [2.05, 4.69) is 34.0 Å². The maximum atomic E-state index is 6.07. The lowest BCUT2D eigenvalue weighted by Gasteiger charge is -2.36. The van der Waals surface area contributed by atoms with Crippen molar-refractivity contribution in [1.29, 1.82) is 0 Å². The number of piperazine rings is 1. The van der Waals surface area contributed by atoms with E-state index in [0.29, 0.717) is 0 Å². The molecule has 1 saturated heterocycles. The van der Waals surface area contributed by atoms with Crippen LogP contribution >= 0.6 is 0 Å². The molecule has 0 unspecified atom stereocenters. The second-order valence-electron chi connectivity index (χ2n) is 5.70. The molecule has 5 heteroatoms. The minimum Gasteiger partial charge on any atom is -0.397 e. The normalized spacial score (nSPS) is 16.4. The topological polar surface area (TPSA) is 50.3 Å². The first-order valence-electron chi connectivity index (χ1n) is 7.44. The number of anilines is 2. The summed E-state index contributed by atoms with van der Waals surface area (Å²) in [7, 11) is 1.99. The van der Waals surface area contributed by atoms with E-state index in [-0.39, 0.29) is 0 Å². The van der Waals surface area contributed by atoms with Crippen molar-refractivity contribution in [2.75, 3.05) is 36.8 Å². The van der Waals surface area contributed by atoms with E-state index in [1.807, 2.05) is 30.1 Å². The number of nitrogen functional groups attached to an aromatic ring is 1. The van der Waals surface area contributed by atoms with Crippen molar-refractivity contribution in [3.05, 3.63) is 41.7 Å². The quantitative estimate of drug-likeness (QED) is 0.871. The molecule has 1 aliphatic rings. The van der Waals surface area contributed by atoms with Gasteiger partial charge in [0.05, 0.1) is 17.6 Å². The minimum absolute atomic E-state index is 0.869. The molecule has 21 heavy (non-hydrogen) atoms. The highest BCUT2D eigenvalue weighted by molar-refractivity contribution is 5.67. The number of nitrogens with two attached hydrogens (primary N) is 1. The van der Waals surface area contributed by atoms with E-state index < -0.39 is 0 Å². The monoisotopic (exact) mass is 285 g/mol. The molecule has 0 saturated carbocycles. The fraction of sp³-hybridized carbons (Fsp3) is 0.438. The smallest absolute Gasteiger partial charge is 0.0600 e. The number of benzene rings is 1. The van der Waals surface area contributed by atoms with Crippen LogP contribution < -0.4 is 10.6 Å². The maximum absolute atomic E-state index is 6.07. The van der Waals surface area contributed by atoms with Crippen molar-refractivity contribution in [2.24, 2.45) is 7.05 Å².